The Balaban J connectivity index is 1.08. The summed E-state index contributed by atoms with van der Waals surface area (Å²) in [6.45, 7) is 2.15. The number of fused-ring (bicyclic) bond motifs is 3. The quantitative estimate of drug-likeness (QED) is 0.108. The van der Waals surface area contributed by atoms with Crippen LogP contribution in [0.2, 0.25) is 0 Å². The van der Waals surface area contributed by atoms with E-state index in [1.54, 1.807) is 26.4 Å². The first kappa shape index (κ1) is 36.7. The molecule has 0 aliphatic carbocycles. The first-order chi connectivity index (χ1) is 28.3. The molecule has 2 heterocycles. The average Bonchev–Trinajstić information content (AvgIpc) is 3.82. The van der Waals surface area contributed by atoms with Crippen LogP contribution in [0.15, 0.2) is 146 Å². The number of ether oxygens (including phenoxy) is 4. The number of rotatable bonds is 9. The first-order valence-corrected chi connectivity index (χ1v) is 19.2. The number of esters is 1. The standard InChI is InChI=1S/C50H39F2NO5/c1-55-47-30-43-40-24-25-50(35-8-4-3-5-9-35,36-16-19-38(20-17-36)53-26-6-7-27-53)58-46(40)29-42(44(43)31-48(47)56-2)34-12-10-32(11-13-34)33-14-21-39(22-15-33)57-49(54)41-23-18-37(51)28-45(41)52/h3-5,8-25,28-31H,6-7,26-27H2,1-2H3. The third-order valence-corrected chi connectivity index (χ3v) is 11.1. The van der Waals surface area contributed by atoms with Crippen LogP contribution in [0, 0.1) is 11.6 Å². The smallest absolute Gasteiger partial charge is 0.346 e. The SMILES string of the molecule is COc1cc2c(-c3ccc(-c4ccc(OC(=O)c5ccc(F)cc5F)cc4)cc3)cc3c(c2cc1OC)C=CC(c1ccccc1)(c1ccc(N2CCCC2)cc1)O3. The number of methoxy groups -OCH3 is 2. The highest BCUT2D eigenvalue weighted by molar-refractivity contribution is 6.05. The molecule has 0 aromatic heterocycles. The maximum Gasteiger partial charge on any atom is 0.346 e. The monoisotopic (exact) mass is 771 g/mol. The van der Waals surface area contributed by atoms with Crippen LogP contribution in [0.5, 0.6) is 23.0 Å². The number of hydrogen-bond acceptors (Lipinski definition) is 6. The Hall–Kier alpha value is -6.93. The van der Waals surface area contributed by atoms with Crippen LogP contribution in [-0.2, 0) is 5.60 Å². The molecule has 0 radical (unpaired) electrons. The summed E-state index contributed by atoms with van der Waals surface area (Å²) in [7, 11) is 3.27. The van der Waals surface area contributed by atoms with Gasteiger partial charge in [0, 0.05) is 41.5 Å². The molecule has 2 aliphatic heterocycles. The molecule has 8 heteroatoms. The highest BCUT2D eigenvalue weighted by atomic mass is 19.1. The van der Waals surface area contributed by atoms with E-state index in [0.29, 0.717) is 17.6 Å². The molecule has 1 unspecified atom stereocenters. The zero-order chi connectivity index (χ0) is 39.8. The van der Waals surface area contributed by atoms with Crippen molar-refractivity contribution < 1.29 is 32.5 Å². The second-order valence-electron chi connectivity index (χ2n) is 14.5. The van der Waals surface area contributed by atoms with Crippen molar-refractivity contribution in [2.75, 3.05) is 32.2 Å². The van der Waals surface area contributed by atoms with E-state index in [1.807, 2.05) is 54.6 Å². The molecule has 2 aliphatic rings. The number of nitrogens with zero attached hydrogens (tertiary/aromatic N) is 1. The van der Waals surface area contributed by atoms with E-state index in [0.717, 1.165) is 80.7 Å². The van der Waals surface area contributed by atoms with Gasteiger partial charge in [-0.3, -0.25) is 0 Å². The Morgan fingerprint density at radius 3 is 1.95 bits per heavy atom. The van der Waals surface area contributed by atoms with Gasteiger partial charge >= 0.3 is 5.97 Å². The first-order valence-electron chi connectivity index (χ1n) is 19.2. The van der Waals surface area contributed by atoms with Crippen molar-refractivity contribution >= 4 is 28.5 Å². The molecule has 9 rings (SSSR count). The van der Waals surface area contributed by atoms with Crippen molar-refractivity contribution in [2.24, 2.45) is 0 Å². The van der Waals surface area contributed by atoms with E-state index in [-0.39, 0.29) is 11.3 Å². The minimum absolute atomic E-state index is 0.238. The fourth-order valence-corrected chi connectivity index (χ4v) is 8.08. The van der Waals surface area contributed by atoms with Crippen LogP contribution >= 0.6 is 0 Å². The lowest BCUT2D eigenvalue weighted by Crippen LogP contribution is -2.34. The highest BCUT2D eigenvalue weighted by Gasteiger charge is 2.38. The summed E-state index contributed by atoms with van der Waals surface area (Å²) >= 11 is 0. The van der Waals surface area contributed by atoms with Gasteiger partial charge in [-0.15, -0.1) is 0 Å². The van der Waals surface area contributed by atoms with Gasteiger partial charge in [0.25, 0.3) is 0 Å². The maximum atomic E-state index is 14.2. The van der Waals surface area contributed by atoms with Gasteiger partial charge in [-0.25, -0.2) is 13.6 Å². The Morgan fingerprint density at radius 1 is 0.672 bits per heavy atom. The van der Waals surface area contributed by atoms with Crippen LogP contribution in [0.3, 0.4) is 0 Å². The second kappa shape index (κ2) is 15.2. The largest absolute Gasteiger partial charge is 0.493 e. The van der Waals surface area contributed by atoms with Gasteiger partial charge in [0.05, 0.1) is 19.8 Å². The summed E-state index contributed by atoms with van der Waals surface area (Å²) in [5.41, 5.74) is 6.75. The molecular weight excluding hydrogens is 733 g/mol. The minimum atomic E-state index is -0.980. The summed E-state index contributed by atoms with van der Waals surface area (Å²) in [5, 5.41) is 1.94. The van der Waals surface area contributed by atoms with Gasteiger partial charge in [-0.05, 0) is 113 Å². The van der Waals surface area contributed by atoms with Crippen molar-refractivity contribution in [3.8, 4) is 45.3 Å². The zero-order valence-electron chi connectivity index (χ0n) is 32.0. The number of carbonyl (C=O) groups excluding carboxylic acids is 1. The summed E-state index contributed by atoms with van der Waals surface area (Å²) in [4.78, 5) is 15.0. The molecule has 1 saturated heterocycles. The number of halogens is 2. The Morgan fingerprint density at radius 2 is 1.29 bits per heavy atom. The van der Waals surface area contributed by atoms with Crippen LogP contribution in [-0.4, -0.2) is 33.3 Å². The van der Waals surface area contributed by atoms with Crippen molar-refractivity contribution in [2.45, 2.75) is 18.4 Å². The zero-order valence-corrected chi connectivity index (χ0v) is 32.0. The normalized spacial score (nSPS) is 15.8. The molecule has 0 bridgehead atoms. The molecule has 288 valence electrons. The average molecular weight is 772 g/mol. The number of benzene rings is 7. The predicted molar refractivity (Wildman–Crippen MR) is 224 cm³/mol. The molecule has 7 aromatic carbocycles. The number of carbonyl (C=O) groups is 1. The van der Waals surface area contributed by atoms with Gasteiger partial charge in [-0.1, -0.05) is 78.9 Å². The summed E-state index contributed by atoms with van der Waals surface area (Å²) in [6.07, 6.45) is 6.75. The molecule has 1 atom stereocenters. The van der Waals surface area contributed by atoms with Gasteiger partial charge in [0.15, 0.2) is 17.1 Å². The second-order valence-corrected chi connectivity index (χ2v) is 14.5. The number of hydrogen-bond donors (Lipinski definition) is 0. The molecular formula is C50H39F2NO5. The lowest BCUT2D eigenvalue weighted by molar-refractivity contribution is 0.0729. The van der Waals surface area contributed by atoms with Crippen LogP contribution < -0.4 is 23.8 Å². The van der Waals surface area contributed by atoms with Gasteiger partial charge in [0.1, 0.15) is 23.1 Å². The predicted octanol–water partition coefficient (Wildman–Crippen LogP) is 11.6. The van der Waals surface area contributed by atoms with E-state index < -0.39 is 23.2 Å². The summed E-state index contributed by atoms with van der Waals surface area (Å²) < 4.78 is 51.7. The van der Waals surface area contributed by atoms with E-state index in [4.69, 9.17) is 18.9 Å². The van der Waals surface area contributed by atoms with Crippen molar-refractivity contribution in [3.05, 3.63) is 179 Å². The molecule has 1 fully saturated rings. The molecule has 0 spiro atoms. The summed E-state index contributed by atoms with van der Waals surface area (Å²) in [6, 6.07) is 43.1. The van der Waals surface area contributed by atoms with Gasteiger partial charge in [0.2, 0.25) is 0 Å². The van der Waals surface area contributed by atoms with E-state index in [1.165, 1.54) is 18.5 Å². The Labute approximate surface area is 335 Å². The molecule has 0 amide bonds. The van der Waals surface area contributed by atoms with Crippen molar-refractivity contribution in [1.82, 2.24) is 0 Å². The van der Waals surface area contributed by atoms with E-state index in [2.05, 4.69) is 71.6 Å². The third kappa shape index (κ3) is 6.70. The fourth-order valence-electron chi connectivity index (χ4n) is 8.08. The third-order valence-electron chi connectivity index (χ3n) is 11.1. The fraction of sp³-hybridized carbons (Fsp3) is 0.140. The maximum absolute atomic E-state index is 14.2. The van der Waals surface area contributed by atoms with Crippen LogP contribution in [0.1, 0.15) is 39.9 Å². The molecule has 7 aromatic rings. The van der Waals surface area contributed by atoms with E-state index in [9.17, 15) is 13.6 Å². The number of anilines is 1. The summed E-state index contributed by atoms with van der Waals surface area (Å²) in [5.74, 6) is -0.444. The highest BCUT2D eigenvalue weighted by Crippen LogP contribution is 2.49. The molecule has 0 saturated carbocycles. The lowest BCUT2D eigenvalue weighted by Gasteiger charge is -2.37. The van der Waals surface area contributed by atoms with Crippen molar-refractivity contribution in [1.29, 1.82) is 0 Å². The lowest BCUT2D eigenvalue weighted by atomic mass is 9.82. The Bertz CT molecular complexity index is 2670. The molecule has 0 N–H and O–H groups in total. The van der Waals surface area contributed by atoms with Crippen LogP contribution in [0.25, 0.3) is 39.1 Å². The van der Waals surface area contributed by atoms with Crippen LogP contribution in [0.4, 0.5) is 14.5 Å². The minimum Gasteiger partial charge on any atom is -0.493 e. The van der Waals surface area contributed by atoms with Gasteiger partial charge < -0.3 is 23.8 Å². The van der Waals surface area contributed by atoms with Gasteiger partial charge in [-0.2, -0.15) is 0 Å². The Kier molecular flexibility index (Phi) is 9.61. The van der Waals surface area contributed by atoms with E-state index >= 15 is 0 Å². The topological polar surface area (TPSA) is 57.2 Å². The van der Waals surface area contributed by atoms with Crippen molar-refractivity contribution in [3.63, 3.8) is 0 Å². The molecule has 58 heavy (non-hydrogen) atoms. The molecule has 6 nitrogen and oxygen atoms in total.